The third kappa shape index (κ3) is 3.47. The van der Waals surface area contributed by atoms with E-state index in [9.17, 15) is 9.59 Å². The number of fused-ring (bicyclic) bond motifs is 2. The van der Waals surface area contributed by atoms with Gasteiger partial charge in [-0.2, -0.15) is 0 Å². The SMILES string of the molecule is CN(C)C(=O)CCN1C2CCC1CC(CC(=O)O)C2. The first-order valence-electron chi connectivity index (χ1n) is 7.15. The van der Waals surface area contributed by atoms with Crippen LogP contribution in [0.15, 0.2) is 0 Å². The van der Waals surface area contributed by atoms with Crippen LogP contribution in [-0.4, -0.2) is 59.5 Å². The minimum Gasteiger partial charge on any atom is -0.481 e. The van der Waals surface area contributed by atoms with Gasteiger partial charge in [-0.05, 0) is 31.6 Å². The summed E-state index contributed by atoms with van der Waals surface area (Å²) in [6.07, 6.45) is 5.17. The maximum absolute atomic E-state index is 11.7. The van der Waals surface area contributed by atoms with E-state index < -0.39 is 5.97 Å². The predicted octanol–water partition coefficient (Wildman–Crippen LogP) is 1.18. The molecule has 2 aliphatic heterocycles. The van der Waals surface area contributed by atoms with Crippen LogP contribution in [0.3, 0.4) is 0 Å². The van der Waals surface area contributed by atoms with Crippen LogP contribution < -0.4 is 0 Å². The fraction of sp³-hybridized carbons (Fsp3) is 0.857. The van der Waals surface area contributed by atoms with Crippen LogP contribution in [0.2, 0.25) is 0 Å². The first-order valence-corrected chi connectivity index (χ1v) is 7.15. The van der Waals surface area contributed by atoms with E-state index in [0.29, 0.717) is 30.8 Å². The number of rotatable bonds is 5. The van der Waals surface area contributed by atoms with Gasteiger partial charge in [-0.1, -0.05) is 0 Å². The Morgan fingerprint density at radius 2 is 1.79 bits per heavy atom. The molecular formula is C14H24N2O3. The number of aliphatic carboxylic acids is 1. The topological polar surface area (TPSA) is 60.9 Å². The third-order valence-corrected chi connectivity index (χ3v) is 4.53. The number of carboxylic acid groups (broad SMARTS) is 1. The maximum atomic E-state index is 11.7. The van der Waals surface area contributed by atoms with Crippen LogP contribution in [0, 0.1) is 5.92 Å². The molecule has 2 atom stereocenters. The van der Waals surface area contributed by atoms with E-state index in [1.54, 1.807) is 19.0 Å². The van der Waals surface area contributed by atoms with Crippen molar-refractivity contribution >= 4 is 11.9 Å². The van der Waals surface area contributed by atoms with Crippen molar-refractivity contribution in [1.29, 1.82) is 0 Å². The van der Waals surface area contributed by atoms with Gasteiger partial charge in [-0.15, -0.1) is 0 Å². The van der Waals surface area contributed by atoms with E-state index in [0.717, 1.165) is 32.2 Å². The van der Waals surface area contributed by atoms with Gasteiger partial charge < -0.3 is 10.0 Å². The Morgan fingerprint density at radius 1 is 1.21 bits per heavy atom. The summed E-state index contributed by atoms with van der Waals surface area (Å²) in [6, 6.07) is 0.996. The molecule has 0 aromatic heterocycles. The molecule has 2 aliphatic rings. The molecular weight excluding hydrogens is 244 g/mol. The lowest BCUT2D eigenvalue weighted by atomic mass is 9.88. The Bertz CT molecular complexity index is 343. The average molecular weight is 268 g/mol. The maximum Gasteiger partial charge on any atom is 0.303 e. The zero-order chi connectivity index (χ0) is 14.0. The molecule has 0 aliphatic carbocycles. The van der Waals surface area contributed by atoms with Crippen molar-refractivity contribution in [2.24, 2.45) is 5.92 Å². The van der Waals surface area contributed by atoms with Crippen LogP contribution in [0.5, 0.6) is 0 Å². The predicted molar refractivity (Wildman–Crippen MR) is 71.8 cm³/mol. The molecule has 2 rings (SSSR count). The summed E-state index contributed by atoms with van der Waals surface area (Å²) in [6.45, 7) is 0.826. The minimum absolute atomic E-state index is 0.173. The number of carboxylic acids is 1. The normalized spacial score (nSPS) is 30.3. The fourth-order valence-electron chi connectivity index (χ4n) is 3.61. The Labute approximate surface area is 114 Å². The summed E-state index contributed by atoms with van der Waals surface area (Å²) in [5.74, 6) is -0.177. The van der Waals surface area contributed by atoms with E-state index in [1.807, 2.05) is 0 Å². The summed E-state index contributed by atoms with van der Waals surface area (Å²) in [5.41, 5.74) is 0. The smallest absolute Gasteiger partial charge is 0.303 e. The first kappa shape index (κ1) is 14.3. The number of amides is 1. The zero-order valence-electron chi connectivity index (χ0n) is 11.8. The van der Waals surface area contributed by atoms with Gasteiger partial charge >= 0.3 is 5.97 Å². The highest BCUT2D eigenvalue weighted by Crippen LogP contribution is 2.39. The van der Waals surface area contributed by atoms with E-state index in [-0.39, 0.29) is 5.91 Å². The van der Waals surface area contributed by atoms with Gasteiger partial charge in [0, 0.05) is 45.6 Å². The number of nitrogens with zero attached hydrogens (tertiary/aromatic N) is 2. The Morgan fingerprint density at radius 3 is 2.26 bits per heavy atom. The highest BCUT2D eigenvalue weighted by molar-refractivity contribution is 5.75. The number of carbonyl (C=O) groups excluding carboxylic acids is 1. The lowest BCUT2D eigenvalue weighted by Gasteiger charge is -2.38. The molecule has 5 heteroatoms. The molecule has 2 bridgehead atoms. The summed E-state index contributed by atoms with van der Waals surface area (Å²) in [7, 11) is 3.58. The largest absolute Gasteiger partial charge is 0.481 e. The number of carbonyl (C=O) groups is 2. The molecule has 2 unspecified atom stereocenters. The molecule has 0 radical (unpaired) electrons. The molecule has 2 heterocycles. The molecule has 0 saturated carbocycles. The second-order valence-electron chi connectivity index (χ2n) is 6.10. The van der Waals surface area contributed by atoms with Gasteiger partial charge in [0.05, 0.1) is 0 Å². The summed E-state index contributed by atoms with van der Waals surface area (Å²) >= 11 is 0. The molecule has 1 N–H and O–H groups in total. The molecule has 2 fully saturated rings. The van der Waals surface area contributed by atoms with Crippen molar-refractivity contribution in [2.45, 2.75) is 50.6 Å². The van der Waals surface area contributed by atoms with Gasteiger partial charge in [0.2, 0.25) is 5.91 Å². The lowest BCUT2D eigenvalue weighted by Crippen LogP contribution is -2.44. The summed E-state index contributed by atoms with van der Waals surface area (Å²) < 4.78 is 0. The number of hydrogen-bond donors (Lipinski definition) is 1. The van der Waals surface area contributed by atoms with Gasteiger partial charge in [-0.25, -0.2) is 0 Å². The van der Waals surface area contributed by atoms with Crippen molar-refractivity contribution in [3.63, 3.8) is 0 Å². The van der Waals surface area contributed by atoms with E-state index >= 15 is 0 Å². The monoisotopic (exact) mass is 268 g/mol. The molecule has 1 amide bonds. The molecule has 108 valence electrons. The standard InChI is InChI=1S/C14H24N2O3/c1-15(2)13(17)5-6-16-11-3-4-12(16)8-10(7-11)9-14(18)19/h10-12H,3-9H2,1-2H3,(H,18,19). The first-order chi connectivity index (χ1) is 8.97. The van der Waals surface area contributed by atoms with Crippen molar-refractivity contribution in [3.05, 3.63) is 0 Å². The van der Waals surface area contributed by atoms with E-state index in [4.69, 9.17) is 5.11 Å². The average Bonchev–Trinajstić information content (AvgIpc) is 2.56. The lowest BCUT2D eigenvalue weighted by molar-refractivity contribution is -0.138. The quantitative estimate of drug-likeness (QED) is 0.813. The van der Waals surface area contributed by atoms with Crippen molar-refractivity contribution < 1.29 is 14.7 Å². The molecule has 5 nitrogen and oxygen atoms in total. The molecule has 2 saturated heterocycles. The highest BCUT2D eigenvalue weighted by atomic mass is 16.4. The van der Waals surface area contributed by atoms with E-state index in [2.05, 4.69) is 4.90 Å². The highest BCUT2D eigenvalue weighted by Gasteiger charge is 2.40. The minimum atomic E-state index is -0.680. The number of piperidine rings is 1. The number of hydrogen-bond acceptors (Lipinski definition) is 3. The van der Waals surface area contributed by atoms with Crippen molar-refractivity contribution in [3.8, 4) is 0 Å². The van der Waals surface area contributed by atoms with Crippen LogP contribution in [-0.2, 0) is 9.59 Å². The van der Waals surface area contributed by atoms with Gasteiger partial charge in [0.25, 0.3) is 0 Å². The van der Waals surface area contributed by atoms with Crippen LogP contribution in [0.4, 0.5) is 0 Å². The van der Waals surface area contributed by atoms with Crippen molar-refractivity contribution in [2.75, 3.05) is 20.6 Å². The third-order valence-electron chi connectivity index (χ3n) is 4.53. The zero-order valence-corrected chi connectivity index (χ0v) is 11.8. The van der Waals surface area contributed by atoms with Crippen LogP contribution in [0.1, 0.15) is 38.5 Å². The van der Waals surface area contributed by atoms with Crippen molar-refractivity contribution in [1.82, 2.24) is 9.80 Å². The Kier molecular flexibility index (Phi) is 4.45. The molecule has 19 heavy (non-hydrogen) atoms. The molecule has 0 aromatic rings. The fourth-order valence-corrected chi connectivity index (χ4v) is 3.61. The second-order valence-corrected chi connectivity index (χ2v) is 6.10. The van der Waals surface area contributed by atoms with Crippen LogP contribution >= 0.6 is 0 Å². The summed E-state index contributed by atoms with van der Waals surface area (Å²) in [4.78, 5) is 26.5. The summed E-state index contributed by atoms with van der Waals surface area (Å²) in [5, 5.41) is 8.90. The Hall–Kier alpha value is -1.10. The second kappa shape index (κ2) is 5.90. The van der Waals surface area contributed by atoms with Gasteiger partial charge in [0.15, 0.2) is 0 Å². The molecule has 0 spiro atoms. The van der Waals surface area contributed by atoms with Crippen LogP contribution in [0.25, 0.3) is 0 Å². The Balaban J connectivity index is 1.85. The van der Waals surface area contributed by atoms with E-state index in [1.165, 1.54) is 0 Å². The van der Waals surface area contributed by atoms with Gasteiger partial charge in [-0.3, -0.25) is 14.5 Å². The van der Waals surface area contributed by atoms with Gasteiger partial charge in [0.1, 0.15) is 0 Å². The molecule has 0 aromatic carbocycles.